The SMILES string of the molecule is CCC1=CC(C(O)CC(C)C)C(C)(Cc2ccc(CC)cn2)NC1c1ccccc1.Cl. The molecule has 1 aliphatic heterocycles. The Morgan fingerprint density at radius 3 is 2.32 bits per heavy atom. The lowest BCUT2D eigenvalue weighted by molar-refractivity contribution is 0.0486. The molecule has 31 heavy (non-hydrogen) atoms. The van der Waals surface area contributed by atoms with Crippen molar-refractivity contribution in [3.05, 3.63) is 77.1 Å². The number of aromatic nitrogens is 1. The Morgan fingerprint density at radius 2 is 1.77 bits per heavy atom. The molecular weight excluding hydrogens is 404 g/mol. The van der Waals surface area contributed by atoms with Gasteiger partial charge in [-0.05, 0) is 49.3 Å². The molecule has 2 aromatic rings. The summed E-state index contributed by atoms with van der Waals surface area (Å²) in [6.07, 6.45) is 7.52. The fourth-order valence-corrected chi connectivity index (χ4v) is 4.77. The number of aliphatic hydroxyl groups is 1. The Labute approximate surface area is 194 Å². The van der Waals surface area contributed by atoms with Gasteiger partial charge in [-0.15, -0.1) is 12.4 Å². The van der Waals surface area contributed by atoms with E-state index in [0.29, 0.717) is 5.92 Å². The van der Waals surface area contributed by atoms with Crippen molar-refractivity contribution in [2.45, 2.75) is 78.0 Å². The van der Waals surface area contributed by atoms with E-state index in [1.165, 1.54) is 16.7 Å². The number of rotatable bonds is 8. The number of hydrogen-bond donors (Lipinski definition) is 2. The number of benzene rings is 1. The lowest BCUT2D eigenvalue weighted by atomic mass is 9.70. The summed E-state index contributed by atoms with van der Waals surface area (Å²) in [4.78, 5) is 4.74. The second kappa shape index (κ2) is 11.3. The fraction of sp³-hybridized carbons (Fsp3) is 0.519. The van der Waals surface area contributed by atoms with Gasteiger partial charge in [0, 0.05) is 29.8 Å². The van der Waals surface area contributed by atoms with Crippen molar-refractivity contribution in [2.24, 2.45) is 11.8 Å². The molecule has 0 bridgehead atoms. The summed E-state index contributed by atoms with van der Waals surface area (Å²) < 4.78 is 0. The molecule has 1 aliphatic rings. The fourth-order valence-electron chi connectivity index (χ4n) is 4.77. The molecule has 0 saturated heterocycles. The van der Waals surface area contributed by atoms with E-state index in [-0.39, 0.29) is 36.0 Å². The first-order valence-electron chi connectivity index (χ1n) is 11.5. The maximum atomic E-state index is 11.2. The molecule has 4 heteroatoms. The molecule has 1 aromatic carbocycles. The van der Waals surface area contributed by atoms with Gasteiger partial charge in [0.25, 0.3) is 0 Å². The van der Waals surface area contributed by atoms with Crippen molar-refractivity contribution < 1.29 is 5.11 Å². The van der Waals surface area contributed by atoms with Crippen LogP contribution in [-0.4, -0.2) is 21.7 Å². The third kappa shape index (κ3) is 6.19. The first-order chi connectivity index (χ1) is 14.4. The van der Waals surface area contributed by atoms with Gasteiger partial charge < -0.3 is 10.4 Å². The Bertz CT molecular complexity index is 834. The lowest BCUT2D eigenvalue weighted by Gasteiger charge is -2.47. The normalized spacial score (nSPS) is 24.4. The van der Waals surface area contributed by atoms with Crippen LogP contribution in [0.25, 0.3) is 0 Å². The maximum Gasteiger partial charge on any atom is 0.0623 e. The van der Waals surface area contributed by atoms with E-state index in [1.54, 1.807) is 0 Å². The van der Waals surface area contributed by atoms with Crippen LogP contribution >= 0.6 is 12.4 Å². The van der Waals surface area contributed by atoms with Crippen LogP contribution in [-0.2, 0) is 12.8 Å². The van der Waals surface area contributed by atoms with Gasteiger partial charge in [0.2, 0.25) is 0 Å². The van der Waals surface area contributed by atoms with Gasteiger partial charge in [0.05, 0.1) is 12.1 Å². The Kier molecular flexibility index (Phi) is 9.29. The van der Waals surface area contributed by atoms with Crippen LogP contribution < -0.4 is 5.32 Å². The average Bonchev–Trinajstić information content (AvgIpc) is 2.74. The summed E-state index contributed by atoms with van der Waals surface area (Å²) in [5.41, 5.74) is 4.69. The highest BCUT2D eigenvalue weighted by Crippen LogP contribution is 2.40. The van der Waals surface area contributed by atoms with Gasteiger partial charge in [-0.1, -0.05) is 75.7 Å². The molecule has 170 valence electrons. The predicted molar refractivity (Wildman–Crippen MR) is 133 cm³/mol. The number of nitrogens with one attached hydrogen (secondary N) is 1. The summed E-state index contributed by atoms with van der Waals surface area (Å²) in [6.45, 7) is 11.0. The molecule has 0 saturated carbocycles. The van der Waals surface area contributed by atoms with Crippen molar-refractivity contribution in [1.29, 1.82) is 0 Å². The molecule has 1 aromatic heterocycles. The molecule has 0 radical (unpaired) electrons. The minimum absolute atomic E-state index is 0. The number of aryl methyl sites for hydroxylation is 1. The second-order valence-electron chi connectivity index (χ2n) is 9.41. The highest BCUT2D eigenvalue weighted by molar-refractivity contribution is 5.85. The summed E-state index contributed by atoms with van der Waals surface area (Å²) >= 11 is 0. The van der Waals surface area contributed by atoms with E-state index >= 15 is 0 Å². The lowest BCUT2D eigenvalue weighted by Crippen LogP contribution is -2.57. The monoisotopic (exact) mass is 442 g/mol. The molecule has 0 fully saturated rings. The van der Waals surface area contributed by atoms with E-state index in [4.69, 9.17) is 4.98 Å². The zero-order chi connectivity index (χ0) is 21.7. The third-order valence-electron chi connectivity index (χ3n) is 6.49. The van der Waals surface area contributed by atoms with E-state index in [1.807, 2.05) is 6.20 Å². The molecule has 4 unspecified atom stereocenters. The molecule has 3 nitrogen and oxygen atoms in total. The molecule has 0 spiro atoms. The van der Waals surface area contributed by atoms with Gasteiger partial charge in [-0.3, -0.25) is 4.98 Å². The van der Waals surface area contributed by atoms with Crippen molar-refractivity contribution in [3.63, 3.8) is 0 Å². The Morgan fingerprint density at radius 1 is 1.06 bits per heavy atom. The van der Waals surface area contributed by atoms with Gasteiger partial charge in [-0.25, -0.2) is 0 Å². The first kappa shape index (κ1) is 25.6. The number of hydrogen-bond acceptors (Lipinski definition) is 3. The third-order valence-corrected chi connectivity index (χ3v) is 6.49. The van der Waals surface area contributed by atoms with E-state index in [2.05, 4.69) is 88.5 Å². The van der Waals surface area contributed by atoms with E-state index < -0.39 is 0 Å². The molecule has 0 amide bonds. The molecule has 2 N–H and O–H groups in total. The minimum atomic E-state index is -0.379. The van der Waals surface area contributed by atoms with E-state index in [0.717, 1.165) is 31.4 Å². The summed E-state index contributed by atoms with van der Waals surface area (Å²) in [5.74, 6) is 0.499. The number of halogens is 1. The van der Waals surface area contributed by atoms with Gasteiger partial charge in [0.1, 0.15) is 0 Å². The van der Waals surface area contributed by atoms with Gasteiger partial charge in [-0.2, -0.15) is 0 Å². The zero-order valence-electron chi connectivity index (χ0n) is 19.6. The zero-order valence-corrected chi connectivity index (χ0v) is 20.5. The topological polar surface area (TPSA) is 45.2 Å². The van der Waals surface area contributed by atoms with Gasteiger partial charge in [0.15, 0.2) is 0 Å². The first-order valence-corrected chi connectivity index (χ1v) is 11.5. The van der Waals surface area contributed by atoms with Gasteiger partial charge >= 0.3 is 0 Å². The van der Waals surface area contributed by atoms with Crippen LogP contribution in [0.4, 0.5) is 0 Å². The highest BCUT2D eigenvalue weighted by Gasteiger charge is 2.43. The number of aliphatic hydroxyl groups excluding tert-OH is 1. The van der Waals surface area contributed by atoms with Crippen molar-refractivity contribution in [2.75, 3.05) is 0 Å². The number of pyridine rings is 1. The largest absolute Gasteiger partial charge is 0.392 e. The quantitative estimate of drug-likeness (QED) is 0.487. The van der Waals surface area contributed by atoms with Crippen LogP contribution in [0.5, 0.6) is 0 Å². The summed E-state index contributed by atoms with van der Waals surface area (Å²) in [7, 11) is 0. The summed E-state index contributed by atoms with van der Waals surface area (Å²) in [6, 6.07) is 15.2. The summed E-state index contributed by atoms with van der Waals surface area (Å²) in [5, 5.41) is 15.2. The Balaban J connectivity index is 0.00000341. The smallest absolute Gasteiger partial charge is 0.0623 e. The van der Waals surface area contributed by atoms with Crippen molar-refractivity contribution in [1.82, 2.24) is 10.3 Å². The van der Waals surface area contributed by atoms with Crippen molar-refractivity contribution in [3.8, 4) is 0 Å². The van der Waals surface area contributed by atoms with Crippen molar-refractivity contribution >= 4 is 12.4 Å². The molecule has 3 rings (SSSR count). The second-order valence-corrected chi connectivity index (χ2v) is 9.41. The minimum Gasteiger partial charge on any atom is -0.392 e. The van der Waals surface area contributed by atoms with Crippen LogP contribution in [0.1, 0.15) is 70.3 Å². The average molecular weight is 443 g/mol. The van der Waals surface area contributed by atoms with Crippen LogP contribution in [0.15, 0.2) is 60.3 Å². The molecule has 4 atom stereocenters. The van der Waals surface area contributed by atoms with Crippen LogP contribution in [0.3, 0.4) is 0 Å². The number of nitrogens with zero attached hydrogens (tertiary/aromatic N) is 1. The maximum absolute atomic E-state index is 11.2. The van der Waals surface area contributed by atoms with Crippen LogP contribution in [0, 0.1) is 11.8 Å². The van der Waals surface area contributed by atoms with Crippen LogP contribution in [0.2, 0.25) is 0 Å². The standard InChI is InChI=1S/C27H38N2O.ClH/c1-6-20-13-14-23(28-18-20)17-27(5)24(25(30)15-19(3)4)16-21(7-2)26(29-27)22-11-9-8-10-12-22;/h8-14,16,18-19,24-26,29-30H,6-7,15,17H2,1-5H3;1H. The molecule has 0 aliphatic carbocycles. The Hall–Kier alpha value is -1.68. The predicted octanol–water partition coefficient (Wildman–Crippen LogP) is 6.07. The molecule has 2 heterocycles. The molecular formula is C27H39ClN2O. The highest BCUT2D eigenvalue weighted by atomic mass is 35.5. The van der Waals surface area contributed by atoms with E-state index in [9.17, 15) is 5.11 Å².